The molecule has 3 aromatic rings. The summed E-state index contributed by atoms with van der Waals surface area (Å²) in [6.07, 6.45) is 1.37. The van der Waals surface area contributed by atoms with Crippen molar-refractivity contribution in [3.63, 3.8) is 0 Å². The maximum absolute atomic E-state index is 12.9. The number of aromatic nitrogens is 3. The molecule has 0 saturated heterocycles. The number of nitrogens with zero attached hydrogens (tertiary/aromatic N) is 3. The number of rotatable bonds is 4. The van der Waals surface area contributed by atoms with Crippen molar-refractivity contribution in [1.29, 1.82) is 0 Å². The average molecular weight is 443 g/mol. The van der Waals surface area contributed by atoms with E-state index < -0.39 is 17.3 Å². The van der Waals surface area contributed by atoms with E-state index in [1.807, 2.05) is 6.07 Å². The van der Waals surface area contributed by atoms with Crippen molar-refractivity contribution in [1.82, 2.24) is 25.2 Å². The highest BCUT2D eigenvalue weighted by molar-refractivity contribution is 5.92. The zero-order valence-corrected chi connectivity index (χ0v) is 17.2. The number of carbonyl (C=O) groups excluding carboxylic acids is 1. The molecule has 166 valence electrons. The topological polar surface area (TPSA) is 91.0 Å². The highest BCUT2D eigenvalue weighted by Crippen LogP contribution is 2.28. The van der Waals surface area contributed by atoms with Gasteiger partial charge in [0.05, 0.1) is 11.0 Å². The van der Waals surface area contributed by atoms with Gasteiger partial charge in [0.25, 0.3) is 11.5 Å². The van der Waals surface area contributed by atoms with Crippen LogP contribution in [0.3, 0.4) is 0 Å². The van der Waals surface area contributed by atoms with E-state index >= 15 is 0 Å². The summed E-state index contributed by atoms with van der Waals surface area (Å²) in [6, 6.07) is 5.99. The molecule has 0 atom stereocenters. The maximum Gasteiger partial charge on any atom is 0.421 e. The van der Waals surface area contributed by atoms with Crippen molar-refractivity contribution in [2.75, 3.05) is 20.1 Å². The molecular formula is C22H20F3N5O2. The molecular weight excluding hydrogens is 423 g/mol. The molecule has 0 radical (unpaired) electrons. The predicted molar refractivity (Wildman–Crippen MR) is 113 cm³/mol. The Labute approximate surface area is 181 Å². The number of aromatic amines is 1. The van der Waals surface area contributed by atoms with Crippen LogP contribution in [0.5, 0.6) is 0 Å². The molecule has 1 amide bonds. The summed E-state index contributed by atoms with van der Waals surface area (Å²) in [7, 11) is 1.55. The minimum absolute atomic E-state index is 0.0919. The van der Waals surface area contributed by atoms with Crippen LogP contribution in [0.4, 0.5) is 13.2 Å². The number of amides is 1. The van der Waals surface area contributed by atoms with Crippen LogP contribution in [0.25, 0.3) is 16.6 Å². The Balaban J connectivity index is 1.46. The molecule has 1 aliphatic rings. The Bertz CT molecular complexity index is 1250. The van der Waals surface area contributed by atoms with Gasteiger partial charge >= 0.3 is 6.18 Å². The Hall–Kier alpha value is -3.53. The highest BCUT2D eigenvalue weighted by Gasteiger charge is 2.34. The average Bonchev–Trinajstić information content (AvgIpc) is 2.78. The highest BCUT2D eigenvalue weighted by atomic mass is 19.4. The van der Waals surface area contributed by atoms with Crippen LogP contribution in [0.1, 0.15) is 33.6 Å². The van der Waals surface area contributed by atoms with Gasteiger partial charge in [-0.15, -0.1) is 0 Å². The van der Waals surface area contributed by atoms with E-state index in [0.29, 0.717) is 18.8 Å². The first-order chi connectivity index (χ1) is 15.2. The summed E-state index contributed by atoms with van der Waals surface area (Å²) in [5, 5.41) is 2.54. The second-order valence-electron chi connectivity index (χ2n) is 7.51. The lowest BCUT2D eigenvalue weighted by molar-refractivity contribution is -0.138. The van der Waals surface area contributed by atoms with Gasteiger partial charge < -0.3 is 10.3 Å². The monoisotopic (exact) mass is 443 g/mol. The van der Waals surface area contributed by atoms with E-state index in [1.165, 1.54) is 6.20 Å². The fourth-order valence-corrected chi connectivity index (χ4v) is 3.64. The third kappa shape index (κ3) is 4.54. The fourth-order valence-electron chi connectivity index (χ4n) is 3.64. The molecule has 3 aromatic heterocycles. The summed E-state index contributed by atoms with van der Waals surface area (Å²) < 4.78 is 38.7. The van der Waals surface area contributed by atoms with Crippen molar-refractivity contribution in [3.8, 4) is 0 Å². The first kappa shape index (κ1) is 21.7. The molecule has 0 aromatic carbocycles. The summed E-state index contributed by atoms with van der Waals surface area (Å²) in [5.41, 5.74) is 1.19. The van der Waals surface area contributed by atoms with Crippen LogP contribution >= 0.6 is 0 Å². The Morgan fingerprint density at radius 2 is 2.03 bits per heavy atom. The summed E-state index contributed by atoms with van der Waals surface area (Å²) in [6.45, 7) is 1.99. The van der Waals surface area contributed by atoms with Crippen LogP contribution in [0, 0.1) is 0 Å². The molecule has 4 heterocycles. The SMILES string of the molecule is CNC(=O)c1ccc(C2=CCN(Cc3cnc4cc(C(F)(F)F)c(=O)[nH]c4c3)CC2)cn1. The first-order valence-corrected chi connectivity index (χ1v) is 9.93. The van der Waals surface area contributed by atoms with Gasteiger partial charge in [-0.25, -0.2) is 0 Å². The summed E-state index contributed by atoms with van der Waals surface area (Å²) in [4.78, 5) is 36.1. The lowest BCUT2D eigenvalue weighted by Gasteiger charge is -2.26. The van der Waals surface area contributed by atoms with Crippen LogP contribution in [0.15, 0.2) is 47.5 Å². The fraction of sp³-hybridized carbons (Fsp3) is 0.273. The Morgan fingerprint density at radius 3 is 2.66 bits per heavy atom. The van der Waals surface area contributed by atoms with Crippen molar-refractivity contribution in [3.05, 3.63) is 75.5 Å². The standard InChI is InChI=1S/C22H20F3N5O2/c1-26-21(32)17-3-2-15(11-28-17)14-4-6-30(7-5-14)12-13-8-19-18(27-10-13)9-16(20(31)29-19)22(23,24)25/h2-4,8-11H,5-7,12H2,1H3,(H,26,32)(H,29,31). The van der Waals surface area contributed by atoms with E-state index in [4.69, 9.17) is 0 Å². The number of hydrogen-bond acceptors (Lipinski definition) is 5. The smallest absolute Gasteiger partial charge is 0.354 e. The third-order valence-corrected chi connectivity index (χ3v) is 5.35. The number of alkyl halides is 3. The molecule has 10 heteroatoms. The maximum atomic E-state index is 12.9. The predicted octanol–water partition coefficient (Wildman–Crippen LogP) is 2.99. The lowest BCUT2D eigenvalue weighted by atomic mass is 10.0. The van der Waals surface area contributed by atoms with E-state index in [9.17, 15) is 22.8 Å². The number of fused-ring (bicyclic) bond motifs is 1. The molecule has 32 heavy (non-hydrogen) atoms. The molecule has 1 aliphatic heterocycles. The van der Waals surface area contributed by atoms with E-state index in [1.54, 1.807) is 25.4 Å². The molecule has 0 aliphatic carbocycles. The van der Waals surface area contributed by atoms with Crippen LogP contribution in [-0.4, -0.2) is 45.9 Å². The molecule has 0 fully saturated rings. The number of halogens is 3. The number of pyridine rings is 3. The zero-order valence-electron chi connectivity index (χ0n) is 17.2. The van der Waals surface area contributed by atoms with Crippen molar-refractivity contribution in [2.24, 2.45) is 0 Å². The summed E-state index contributed by atoms with van der Waals surface area (Å²) in [5.74, 6) is -0.236. The minimum Gasteiger partial charge on any atom is -0.354 e. The van der Waals surface area contributed by atoms with E-state index in [2.05, 4.69) is 31.2 Å². The quantitative estimate of drug-likeness (QED) is 0.647. The molecule has 0 saturated carbocycles. The molecule has 0 unspecified atom stereocenters. The largest absolute Gasteiger partial charge is 0.421 e. The summed E-state index contributed by atoms with van der Waals surface area (Å²) >= 11 is 0. The molecule has 7 nitrogen and oxygen atoms in total. The molecule has 0 spiro atoms. The molecule has 0 bridgehead atoms. The minimum atomic E-state index is -4.72. The lowest BCUT2D eigenvalue weighted by Crippen LogP contribution is -2.28. The number of nitrogens with one attached hydrogen (secondary N) is 2. The Kier molecular flexibility index (Phi) is 5.79. The van der Waals surface area contributed by atoms with Crippen LogP contribution < -0.4 is 10.9 Å². The van der Waals surface area contributed by atoms with Crippen molar-refractivity contribution in [2.45, 2.75) is 19.1 Å². The van der Waals surface area contributed by atoms with Gasteiger partial charge in [0.15, 0.2) is 0 Å². The van der Waals surface area contributed by atoms with Crippen LogP contribution in [0.2, 0.25) is 0 Å². The molecule has 4 rings (SSSR count). The zero-order chi connectivity index (χ0) is 22.9. The molecule has 2 N–H and O–H groups in total. The van der Waals surface area contributed by atoms with Gasteiger partial charge in [-0.1, -0.05) is 12.1 Å². The number of H-pyrrole nitrogens is 1. The Morgan fingerprint density at radius 1 is 1.22 bits per heavy atom. The normalized spacial score (nSPS) is 14.9. The van der Waals surface area contributed by atoms with Gasteiger partial charge in [-0.3, -0.25) is 24.5 Å². The third-order valence-electron chi connectivity index (χ3n) is 5.35. The van der Waals surface area contributed by atoms with Gasteiger partial charge in [-0.05, 0) is 41.3 Å². The number of hydrogen-bond donors (Lipinski definition) is 2. The van der Waals surface area contributed by atoms with Gasteiger partial charge in [0, 0.05) is 39.1 Å². The van der Waals surface area contributed by atoms with Gasteiger partial charge in [-0.2, -0.15) is 13.2 Å². The van der Waals surface area contributed by atoms with Gasteiger partial charge in [0.2, 0.25) is 0 Å². The number of carbonyl (C=O) groups is 1. The van der Waals surface area contributed by atoms with Crippen molar-refractivity contribution < 1.29 is 18.0 Å². The van der Waals surface area contributed by atoms with Crippen molar-refractivity contribution >= 4 is 22.5 Å². The first-order valence-electron chi connectivity index (χ1n) is 9.93. The van der Waals surface area contributed by atoms with Crippen LogP contribution in [-0.2, 0) is 12.7 Å². The second-order valence-corrected chi connectivity index (χ2v) is 7.51. The second kappa shape index (κ2) is 8.54. The van der Waals surface area contributed by atoms with E-state index in [0.717, 1.165) is 35.7 Å². The van der Waals surface area contributed by atoms with E-state index in [-0.39, 0.29) is 16.9 Å². The van der Waals surface area contributed by atoms with Gasteiger partial charge in [0.1, 0.15) is 11.3 Å².